The number of hydrogen-bond acceptors (Lipinski definition) is 4. The monoisotopic (exact) mass is 395 g/mol. The van der Waals surface area contributed by atoms with Crippen molar-refractivity contribution in [1.29, 1.82) is 0 Å². The minimum atomic E-state index is -0.335. The number of ether oxygens (including phenoxy) is 2. The van der Waals surface area contributed by atoms with Gasteiger partial charge in [-0.25, -0.2) is 0 Å². The molecule has 0 saturated carbocycles. The Labute approximate surface area is 172 Å². The Morgan fingerprint density at radius 2 is 1.63 bits per heavy atom. The van der Waals surface area contributed by atoms with Crippen molar-refractivity contribution in [2.45, 2.75) is 6.04 Å². The first-order valence-electron chi connectivity index (χ1n) is 9.73. The Kier molecular flexibility index (Phi) is 3.64. The molecule has 2 aliphatic heterocycles. The highest BCUT2D eigenvalue weighted by atomic mass is 16.7. The number of nitrogens with one attached hydrogen (secondary N) is 1. The molecule has 0 saturated heterocycles. The molecule has 6 heteroatoms. The number of hydrogen-bond donors (Lipinski definition) is 1. The molecule has 0 fully saturated rings. The SMILES string of the molecule is O=C1c2[nH]nc(-c3ccccc3)c2[C@@H](c2ccc3c(c2)OCO3)N1c1ccccc1. The van der Waals surface area contributed by atoms with E-state index in [0.717, 1.165) is 28.1 Å². The number of carbonyl (C=O) groups is 1. The average molecular weight is 395 g/mol. The lowest BCUT2D eigenvalue weighted by molar-refractivity contribution is 0.0988. The number of H-pyrrole nitrogens is 1. The summed E-state index contributed by atoms with van der Waals surface area (Å²) in [7, 11) is 0. The maximum Gasteiger partial charge on any atom is 0.277 e. The third-order valence-electron chi connectivity index (χ3n) is 5.56. The lowest BCUT2D eigenvalue weighted by Crippen LogP contribution is -2.29. The fraction of sp³-hybridized carbons (Fsp3) is 0.0833. The zero-order valence-corrected chi connectivity index (χ0v) is 15.9. The normalized spacial score (nSPS) is 16.7. The van der Waals surface area contributed by atoms with Crippen LogP contribution in [0, 0.1) is 0 Å². The summed E-state index contributed by atoms with van der Waals surface area (Å²) in [6.45, 7) is 0.205. The van der Waals surface area contributed by atoms with Gasteiger partial charge in [-0.05, 0) is 29.8 Å². The lowest BCUT2D eigenvalue weighted by Gasteiger charge is -2.26. The molecule has 1 amide bonds. The maximum atomic E-state index is 13.5. The molecule has 1 N–H and O–H groups in total. The Morgan fingerprint density at radius 1 is 0.900 bits per heavy atom. The van der Waals surface area contributed by atoms with Gasteiger partial charge in [-0.2, -0.15) is 5.10 Å². The van der Waals surface area contributed by atoms with Crippen LogP contribution in [0.4, 0.5) is 5.69 Å². The summed E-state index contributed by atoms with van der Waals surface area (Å²) < 4.78 is 11.1. The number of aromatic nitrogens is 2. The number of benzene rings is 3. The molecule has 0 aliphatic carbocycles. The van der Waals surface area contributed by atoms with Gasteiger partial charge in [-0.1, -0.05) is 54.6 Å². The Hall–Kier alpha value is -4.06. The summed E-state index contributed by atoms with van der Waals surface area (Å²) in [6.07, 6.45) is 0. The molecule has 1 aromatic heterocycles. The topological polar surface area (TPSA) is 67.5 Å². The molecule has 6 nitrogen and oxygen atoms in total. The molecule has 1 atom stereocenters. The number of fused-ring (bicyclic) bond motifs is 2. The summed E-state index contributed by atoms with van der Waals surface area (Å²) in [5.41, 5.74) is 4.89. The van der Waals surface area contributed by atoms with Crippen LogP contribution in [0.1, 0.15) is 27.7 Å². The van der Waals surface area contributed by atoms with E-state index in [-0.39, 0.29) is 18.7 Å². The van der Waals surface area contributed by atoms with Gasteiger partial charge in [0, 0.05) is 16.8 Å². The van der Waals surface area contributed by atoms with Crippen LogP contribution in [0.5, 0.6) is 11.5 Å². The van der Waals surface area contributed by atoms with Crippen molar-refractivity contribution in [2.75, 3.05) is 11.7 Å². The highest BCUT2D eigenvalue weighted by Gasteiger charge is 2.43. The van der Waals surface area contributed by atoms with Crippen LogP contribution in [0.3, 0.4) is 0 Å². The second-order valence-electron chi connectivity index (χ2n) is 7.25. The minimum Gasteiger partial charge on any atom is -0.454 e. The molecule has 2 aliphatic rings. The van der Waals surface area contributed by atoms with E-state index in [2.05, 4.69) is 10.2 Å². The third-order valence-corrected chi connectivity index (χ3v) is 5.56. The zero-order chi connectivity index (χ0) is 20.1. The number of anilines is 1. The Bertz CT molecular complexity index is 1250. The number of aromatic amines is 1. The third kappa shape index (κ3) is 2.43. The van der Waals surface area contributed by atoms with Crippen molar-refractivity contribution in [3.05, 3.63) is 95.7 Å². The number of rotatable bonds is 3. The molecule has 0 bridgehead atoms. The fourth-order valence-corrected chi connectivity index (χ4v) is 4.22. The van der Waals surface area contributed by atoms with Gasteiger partial charge in [0.25, 0.3) is 5.91 Å². The molecular weight excluding hydrogens is 378 g/mol. The summed E-state index contributed by atoms with van der Waals surface area (Å²) in [5.74, 6) is 1.30. The van der Waals surface area contributed by atoms with E-state index in [4.69, 9.17) is 9.47 Å². The minimum absolute atomic E-state index is 0.103. The molecule has 3 aromatic carbocycles. The molecular formula is C24H17N3O3. The molecule has 6 rings (SSSR count). The van der Waals surface area contributed by atoms with Gasteiger partial charge < -0.3 is 9.47 Å². The van der Waals surface area contributed by atoms with Crippen molar-refractivity contribution in [1.82, 2.24) is 10.2 Å². The number of amides is 1. The van der Waals surface area contributed by atoms with Gasteiger partial charge in [0.1, 0.15) is 5.69 Å². The van der Waals surface area contributed by atoms with Crippen molar-refractivity contribution >= 4 is 11.6 Å². The quantitative estimate of drug-likeness (QED) is 0.552. The highest BCUT2D eigenvalue weighted by Crippen LogP contribution is 2.46. The standard InChI is InChI=1S/C24H17N3O3/c28-24-22-20(21(25-26-22)15-7-3-1-4-8-15)23(27(24)17-9-5-2-6-10-17)16-11-12-18-19(13-16)30-14-29-18/h1-13,23H,14H2,(H,25,26)/t23-/m1/s1. The van der Waals surface area contributed by atoms with Gasteiger partial charge in [-0.3, -0.25) is 14.8 Å². The van der Waals surface area contributed by atoms with Crippen molar-refractivity contribution in [2.24, 2.45) is 0 Å². The predicted molar refractivity (Wildman–Crippen MR) is 112 cm³/mol. The summed E-state index contributed by atoms with van der Waals surface area (Å²) in [5, 5.41) is 7.50. The second kappa shape index (κ2) is 6.49. The van der Waals surface area contributed by atoms with Crippen LogP contribution in [-0.4, -0.2) is 22.9 Å². The van der Waals surface area contributed by atoms with Crippen molar-refractivity contribution < 1.29 is 14.3 Å². The molecule has 30 heavy (non-hydrogen) atoms. The first kappa shape index (κ1) is 16.9. The van der Waals surface area contributed by atoms with E-state index in [0.29, 0.717) is 17.2 Å². The number of carbonyl (C=O) groups excluding carboxylic acids is 1. The lowest BCUT2D eigenvalue weighted by atomic mass is 9.95. The molecule has 4 aromatic rings. The number of para-hydroxylation sites is 1. The van der Waals surface area contributed by atoms with Crippen LogP contribution in [0.15, 0.2) is 78.9 Å². The zero-order valence-electron chi connectivity index (χ0n) is 15.9. The van der Waals surface area contributed by atoms with Crippen LogP contribution in [0.25, 0.3) is 11.3 Å². The van der Waals surface area contributed by atoms with Gasteiger partial charge in [0.05, 0.1) is 11.7 Å². The first-order chi connectivity index (χ1) is 14.8. The fourth-order valence-electron chi connectivity index (χ4n) is 4.22. The molecule has 0 unspecified atom stereocenters. The van der Waals surface area contributed by atoms with E-state index >= 15 is 0 Å². The van der Waals surface area contributed by atoms with E-state index in [1.54, 1.807) is 0 Å². The predicted octanol–water partition coefficient (Wildman–Crippen LogP) is 4.56. The van der Waals surface area contributed by atoms with Crippen LogP contribution < -0.4 is 14.4 Å². The number of nitrogens with zero attached hydrogens (tertiary/aromatic N) is 2. The van der Waals surface area contributed by atoms with Gasteiger partial charge >= 0.3 is 0 Å². The highest BCUT2D eigenvalue weighted by molar-refractivity contribution is 6.11. The molecule has 0 radical (unpaired) electrons. The summed E-state index contributed by atoms with van der Waals surface area (Å²) >= 11 is 0. The van der Waals surface area contributed by atoms with E-state index in [9.17, 15) is 4.79 Å². The smallest absolute Gasteiger partial charge is 0.277 e. The van der Waals surface area contributed by atoms with Crippen LogP contribution >= 0.6 is 0 Å². The van der Waals surface area contributed by atoms with Gasteiger partial charge in [-0.15, -0.1) is 0 Å². The summed E-state index contributed by atoms with van der Waals surface area (Å²) in [4.78, 5) is 15.3. The van der Waals surface area contributed by atoms with E-state index in [1.807, 2.05) is 83.8 Å². The van der Waals surface area contributed by atoms with Gasteiger partial charge in [0.15, 0.2) is 11.5 Å². The molecule has 0 spiro atoms. The van der Waals surface area contributed by atoms with Crippen LogP contribution in [0.2, 0.25) is 0 Å². The second-order valence-corrected chi connectivity index (χ2v) is 7.25. The van der Waals surface area contributed by atoms with E-state index in [1.165, 1.54) is 0 Å². The Balaban J connectivity index is 1.57. The van der Waals surface area contributed by atoms with Crippen molar-refractivity contribution in [3.8, 4) is 22.8 Å². The van der Waals surface area contributed by atoms with E-state index < -0.39 is 0 Å². The van der Waals surface area contributed by atoms with Crippen LogP contribution in [-0.2, 0) is 0 Å². The average Bonchev–Trinajstić information content (AvgIpc) is 3.50. The van der Waals surface area contributed by atoms with Crippen molar-refractivity contribution in [3.63, 3.8) is 0 Å². The molecule has 146 valence electrons. The van der Waals surface area contributed by atoms with Gasteiger partial charge in [0.2, 0.25) is 6.79 Å². The first-order valence-corrected chi connectivity index (χ1v) is 9.73. The molecule has 3 heterocycles. The largest absolute Gasteiger partial charge is 0.454 e. The maximum absolute atomic E-state index is 13.5. The Morgan fingerprint density at radius 3 is 2.43 bits per heavy atom. The summed E-state index contributed by atoms with van der Waals surface area (Å²) in [6, 6.07) is 25.1.